The number of aromatic nitrogens is 2. The van der Waals surface area contributed by atoms with Gasteiger partial charge >= 0.3 is 5.63 Å². The maximum absolute atomic E-state index is 11.3. The highest BCUT2D eigenvalue weighted by atomic mass is 16.6. The Balaban J connectivity index is 2.01. The topological polar surface area (TPSA) is 105 Å². The average molecular weight is 293 g/mol. The molecule has 0 amide bonds. The van der Waals surface area contributed by atoms with Crippen LogP contribution in [0, 0.1) is 10.1 Å². The smallest absolute Gasteiger partial charge is 0.378 e. The maximum atomic E-state index is 11.3. The summed E-state index contributed by atoms with van der Waals surface area (Å²) in [5, 5.41) is 13.7. The van der Waals surface area contributed by atoms with Crippen molar-refractivity contribution < 1.29 is 18.9 Å². The van der Waals surface area contributed by atoms with Gasteiger partial charge in [-0.2, -0.15) is 0 Å². The number of aromatic amines is 1. The number of nitrogens with one attached hydrogen (secondary N) is 1. The highest BCUT2D eigenvalue weighted by Gasteiger charge is 2.25. The van der Waals surface area contributed by atoms with Crippen LogP contribution in [0.2, 0.25) is 0 Å². The van der Waals surface area contributed by atoms with Crippen molar-refractivity contribution in [3.05, 3.63) is 44.9 Å². The molecule has 0 aliphatic carbocycles. The Bertz CT molecular complexity index is 716. The fourth-order valence-corrected chi connectivity index (χ4v) is 2.26. The first kappa shape index (κ1) is 13.3. The number of nitro benzene ring substituents is 1. The van der Waals surface area contributed by atoms with Crippen LogP contribution in [0.5, 0.6) is 0 Å². The quantitative estimate of drug-likeness (QED) is 0.484. The number of H-pyrrole nitrogens is 1. The van der Waals surface area contributed by atoms with E-state index >= 15 is 0 Å². The first-order chi connectivity index (χ1) is 10.1. The third kappa shape index (κ3) is 2.63. The van der Waals surface area contributed by atoms with Crippen LogP contribution in [-0.2, 0) is 4.74 Å². The van der Waals surface area contributed by atoms with E-state index in [2.05, 4.69) is 9.79 Å². The molecule has 3 rings (SSSR count). The Kier molecular flexibility index (Phi) is 3.40. The van der Waals surface area contributed by atoms with Crippen LogP contribution in [0.4, 0.5) is 11.4 Å². The number of nitro groups is 1. The molecule has 1 saturated heterocycles. The van der Waals surface area contributed by atoms with Crippen molar-refractivity contribution >= 4 is 11.4 Å². The largest absolute Gasteiger partial charge is 0.427 e. The minimum absolute atomic E-state index is 0.0241. The molecule has 1 aromatic carbocycles. The lowest BCUT2D eigenvalue weighted by molar-refractivity contribution is -0.670. The van der Waals surface area contributed by atoms with Gasteiger partial charge in [-0.25, -0.2) is 4.79 Å². The van der Waals surface area contributed by atoms with Gasteiger partial charge in [0.05, 0.1) is 24.2 Å². The molecule has 0 atom stereocenters. The van der Waals surface area contributed by atoms with Gasteiger partial charge in [0.2, 0.25) is 5.69 Å². The molecule has 9 heteroatoms. The average Bonchev–Trinajstić information content (AvgIpc) is 2.94. The molecule has 0 radical (unpaired) electrons. The Hall–Kier alpha value is -2.68. The molecule has 1 aromatic heterocycles. The zero-order valence-corrected chi connectivity index (χ0v) is 11.0. The predicted octanol–water partition coefficient (Wildman–Crippen LogP) is -0.0106. The van der Waals surface area contributed by atoms with Crippen molar-refractivity contribution in [2.24, 2.45) is 0 Å². The Morgan fingerprint density at radius 2 is 2.10 bits per heavy atom. The van der Waals surface area contributed by atoms with Crippen molar-refractivity contribution in [2.75, 3.05) is 31.2 Å². The van der Waals surface area contributed by atoms with Crippen molar-refractivity contribution in [3.8, 4) is 5.69 Å². The zero-order valence-electron chi connectivity index (χ0n) is 11.0. The van der Waals surface area contributed by atoms with E-state index in [1.54, 1.807) is 12.1 Å². The van der Waals surface area contributed by atoms with E-state index < -0.39 is 10.5 Å². The van der Waals surface area contributed by atoms with E-state index in [-0.39, 0.29) is 5.69 Å². The summed E-state index contributed by atoms with van der Waals surface area (Å²) >= 11 is 0. The van der Waals surface area contributed by atoms with E-state index in [4.69, 9.17) is 4.74 Å². The number of anilines is 1. The van der Waals surface area contributed by atoms with Crippen LogP contribution in [-0.4, -0.2) is 36.5 Å². The minimum Gasteiger partial charge on any atom is -0.378 e. The van der Waals surface area contributed by atoms with E-state index in [1.165, 1.54) is 16.9 Å². The Morgan fingerprint density at radius 3 is 2.71 bits per heavy atom. The summed E-state index contributed by atoms with van der Waals surface area (Å²) in [5.41, 5.74) is 0.405. The van der Waals surface area contributed by atoms with Gasteiger partial charge in [0, 0.05) is 19.2 Å². The second-order valence-electron chi connectivity index (χ2n) is 4.54. The zero-order chi connectivity index (χ0) is 14.8. The summed E-state index contributed by atoms with van der Waals surface area (Å²) in [6, 6.07) is 4.75. The second kappa shape index (κ2) is 5.37. The number of rotatable bonds is 3. The van der Waals surface area contributed by atoms with Crippen LogP contribution in [0.3, 0.4) is 0 Å². The highest BCUT2D eigenvalue weighted by Crippen LogP contribution is 2.29. The molecular formula is C12H13N4O5+. The molecule has 2 aromatic rings. The second-order valence-corrected chi connectivity index (χ2v) is 4.54. The molecule has 1 N–H and O–H groups in total. The van der Waals surface area contributed by atoms with Gasteiger partial charge in [0.1, 0.15) is 5.69 Å². The van der Waals surface area contributed by atoms with Crippen molar-refractivity contribution in [2.45, 2.75) is 0 Å². The van der Waals surface area contributed by atoms with Crippen LogP contribution in [0.15, 0.2) is 33.7 Å². The molecule has 0 bridgehead atoms. The fraction of sp³-hybridized carbons (Fsp3) is 0.333. The first-order valence-corrected chi connectivity index (χ1v) is 6.37. The van der Waals surface area contributed by atoms with Gasteiger partial charge in [-0.05, 0) is 16.0 Å². The van der Waals surface area contributed by atoms with E-state index in [0.29, 0.717) is 37.7 Å². The number of benzene rings is 1. The maximum Gasteiger partial charge on any atom is 0.427 e. The molecular weight excluding hydrogens is 280 g/mol. The Morgan fingerprint density at radius 1 is 1.33 bits per heavy atom. The van der Waals surface area contributed by atoms with Gasteiger partial charge in [0.25, 0.3) is 11.9 Å². The van der Waals surface area contributed by atoms with Gasteiger partial charge in [0.15, 0.2) is 0 Å². The summed E-state index contributed by atoms with van der Waals surface area (Å²) in [6.07, 6.45) is 1.17. The normalized spacial score (nSPS) is 15.1. The molecule has 1 aliphatic heterocycles. The fourth-order valence-electron chi connectivity index (χ4n) is 2.26. The third-order valence-corrected chi connectivity index (χ3v) is 3.26. The highest BCUT2D eigenvalue weighted by molar-refractivity contribution is 5.65. The number of morpholine rings is 1. The summed E-state index contributed by atoms with van der Waals surface area (Å²) in [6.45, 7) is 2.30. The van der Waals surface area contributed by atoms with Crippen LogP contribution in [0.25, 0.3) is 5.69 Å². The van der Waals surface area contributed by atoms with E-state index in [0.717, 1.165) is 0 Å². The van der Waals surface area contributed by atoms with Gasteiger partial charge < -0.3 is 9.64 Å². The number of hydrogen-bond acceptors (Lipinski definition) is 6. The SMILES string of the molecule is O=c1c[n+](-c2ccc(N3CCOCC3)c([N+](=O)[O-])c2)[nH]o1. The molecule has 21 heavy (non-hydrogen) atoms. The van der Waals surface area contributed by atoms with Crippen LogP contribution < -0.4 is 15.2 Å². The number of ether oxygens (including phenoxy) is 1. The van der Waals surface area contributed by atoms with Crippen molar-refractivity contribution in [1.29, 1.82) is 0 Å². The summed E-state index contributed by atoms with van der Waals surface area (Å²) in [5.74, 6) is 0. The molecule has 1 fully saturated rings. The Labute approximate surface area is 118 Å². The van der Waals surface area contributed by atoms with Gasteiger partial charge in [-0.3, -0.25) is 14.6 Å². The number of hydrogen-bond donors (Lipinski definition) is 1. The summed E-state index contributed by atoms with van der Waals surface area (Å²) < 4.78 is 11.1. The molecule has 9 nitrogen and oxygen atoms in total. The summed E-state index contributed by atoms with van der Waals surface area (Å²) in [7, 11) is 0. The molecule has 1 aliphatic rings. The monoisotopic (exact) mass is 293 g/mol. The van der Waals surface area contributed by atoms with Crippen molar-refractivity contribution in [3.63, 3.8) is 0 Å². The molecule has 110 valence electrons. The summed E-state index contributed by atoms with van der Waals surface area (Å²) in [4.78, 5) is 23.8. The molecule has 0 saturated carbocycles. The van der Waals surface area contributed by atoms with Crippen LogP contribution in [0.1, 0.15) is 0 Å². The number of nitrogens with zero attached hydrogens (tertiary/aromatic N) is 3. The van der Waals surface area contributed by atoms with Crippen molar-refractivity contribution in [1.82, 2.24) is 5.27 Å². The predicted molar refractivity (Wildman–Crippen MR) is 70.5 cm³/mol. The van der Waals surface area contributed by atoms with E-state index in [9.17, 15) is 14.9 Å². The lowest BCUT2D eigenvalue weighted by Crippen LogP contribution is -2.37. The molecule has 0 unspecified atom stereocenters. The van der Waals surface area contributed by atoms with Gasteiger partial charge in [-0.1, -0.05) is 0 Å². The van der Waals surface area contributed by atoms with Crippen LogP contribution >= 0.6 is 0 Å². The lowest BCUT2D eigenvalue weighted by atomic mass is 10.2. The van der Waals surface area contributed by atoms with Gasteiger partial charge in [-0.15, -0.1) is 0 Å². The molecule has 2 heterocycles. The minimum atomic E-state index is -0.560. The first-order valence-electron chi connectivity index (χ1n) is 6.37. The third-order valence-electron chi connectivity index (χ3n) is 3.26. The standard InChI is InChI=1S/C12H12N4O5/c17-12-8-15(13-21-12)9-1-2-10(11(7-9)16(18)19)14-3-5-20-6-4-14/h1-2,7-8H,3-6H2/p+1. The lowest BCUT2D eigenvalue weighted by Gasteiger charge is -2.28. The molecule has 0 spiro atoms. The van der Waals surface area contributed by atoms with E-state index in [1.807, 2.05) is 4.90 Å².